The van der Waals surface area contributed by atoms with Gasteiger partial charge in [0.2, 0.25) is 11.2 Å². The van der Waals surface area contributed by atoms with E-state index in [2.05, 4.69) is 0 Å². The molecule has 2 atom stereocenters. The predicted molar refractivity (Wildman–Crippen MR) is 48.5 cm³/mol. The zero-order valence-electron chi connectivity index (χ0n) is 7.84. The minimum absolute atomic E-state index is 0.635. The molecule has 1 aliphatic rings. The summed E-state index contributed by atoms with van der Waals surface area (Å²) in [6.07, 6.45) is 1.63. The maximum absolute atomic E-state index is 9.67. The van der Waals surface area contributed by atoms with Gasteiger partial charge < -0.3 is 10.2 Å². The highest BCUT2D eigenvalue weighted by Crippen LogP contribution is 2.33. The number of hydrogen-bond donors (Lipinski definition) is 2. The van der Waals surface area contributed by atoms with Gasteiger partial charge in [-0.1, -0.05) is 0 Å². The fourth-order valence-corrected chi connectivity index (χ4v) is 1.26. The lowest BCUT2D eigenvalue weighted by atomic mass is 9.78. The van der Waals surface area contributed by atoms with E-state index in [0.29, 0.717) is 0 Å². The normalized spacial score (nSPS) is 32.1. The summed E-state index contributed by atoms with van der Waals surface area (Å²) in [5, 5.41) is 54.3. The first kappa shape index (κ1) is 11.4. The van der Waals surface area contributed by atoms with Crippen LogP contribution in [0.2, 0.25) is 0 Å². The van der Waals surface area contributed by atoms with Gasteiger partial charge in [-0.05, 0) is 12.2 Å². The molecule has 0 aliphatic heterocycles. The molecule has 0 aromatic carbocycles. The van der Waals surface area contributed by atoms with Crippen LogP contribution in [0.3, 0.4) is 0 Å². The van der Waals surface area contributed by atoms with E-state index in [1.54, 1.807) is 0 Å². The third-order valence-electron chi connectivity index (χ3n) is 2.14. The third-order valence-corrected chi connectivity index (χ3v) is 2.14. The number of aliphatic hydroxyl groups is 2. The fraction of sp³-hybridized carbons (Fsp3) is 0.200. The maximum Gasteiger partial charge on any atom is 0.207 e. The molecule has 0 saturated heterocycles. The molecule has 0 radical (unpaired) electrons. The minimum Gasteiger partial charge on any atom is -0.368 e. The molecular weight excluding hydrogens is 208 g/mol. The van der Waals surface area contributed by atoms with Gasteiger partial charge in [-0.3, -0.25) is 0 Å². The SMILES string of the molecule is N#CC1=C(C#N)C(O)(C#N)C=CC1(O)C#N. The van der Waals surface area contributed by atoms with Gasteiger partial charge >= 0.3 is 0 Å². The Morgan fingerprint density at radius 2 is 1.12 bits per heavy atom. The molecule has 76 valence electrons. The van der Waals surface area contributed by atoms with Crippen LogP contribution in [0, 0.1) is 45.3 Å². The molecule has 1 aliphatic carbocycles. The zero-order chi connectivity index (χ0) is 12.4. The van der Waals surface area contributed by atoms with Crippen molar-refractivity contribution in [3.8, 4) is 24.3 Å². The van der Waals surface area contributed by atoms with E-state index in [9.17, 15) is 10.2 Å². The van der Waals surface area contributed by atoms with Crippen molar-refractivity contribution >= 4 is 0 Å². The van der Waals surface area contributed by atoms with E-state index in [0.717, 1.165) is 12.2 Å². The van der Waals surface area contributed by atoms with Crippen molar-refractivity contribution in [3.63, 3.8) is 0 Å². The highest BCUT2D eigenvalue weighted by atomic mass is 16.3. The van der Waals surface area contributed by atoms with Crippen molar-refractivity contribution in [2.45, 2.75) is 11.2 Å². The summed E-state index contributed by atoms with van der Waals surface area (Å²) >= 11 is 0. The van der Waals surface area contributed by atoms with Gasteiger partial charge in [0.15, 0.2) is 0 Å². The van der Waals surface area contributed by atoms with Gasteiger partial charge in [-0.2, -0.15) is 21.0 Å². The van der Waals surface area contributed by atoms with E-state index in [1.165, 1.54) is 24.3 Å². The van der Waals surface area contributed by atoms with Gasteiger partial charge in [0.05, 0.1) is 11.1 Å². The standard InChI is InChI=1S/C10H4N4O2/c11-3-7-8(4-12)10(16,6-14)2-1-9(7,15)5-13/h1-2,15-16H. The summed E-state index contributed by atoms with van der Waals surface area (Å²) in [5.41, 5.74) is -5.82. The van der Waals surface area contributed by atoms with Crippen LogP contribution in [-0.4, -0.2) is 21.4 Å². The number of nitrogens with zero attached hydrogens (tertiary/aromatic N) is 4. The van der Waals surface area contributed by atoms with Crippen LogP contribution in [-0.2, 0) is 0 Å². The molecule has 1 rings (SSSR count). The molecule has 0 bridgehead atoms. The Morgan fingerprint density at radius 1 is 0.812 bits per heavy atom. The lowest BCUT2D eigenvalue weighted by Crippen LogP contribution is -2.39. The molecule has 0 amide bonds. The zero-order valence-corrected chi connectivity index (χ0v) is 7.84. The van der Waals surface area contributed by atoms with Crippen molar-refractivity contribution in [3.05, 3.63) is 23.3 Å². The van der Waals surface area contributed by atoms with Crippen LogP contribution in [0.1, 0.15) is 0 Å². The molecule has 0 aromatic heterocycles. The van der Waals surface area contributed by atoms with Gasteiger partial charge in [0.1, 0.15) is 24.3 Å². The predicted octanol–water partition coefficient (Wildman–Crippen LogP) is -0.591. The van der Waals surface area contributed by atoms with Crippen molar-refractivity contribution in [2.24, 2.45) is 0 Å². The van der Waals surface area contributed by atoms with Crippen molar-refractivity contribution < 1.29 is 10.2 Å². The first-order valence-electron chi connectivity index (χ1n) is 4.00. The highest BCUT2D eigenvalue weighted by molar-refractivity contribution is 5.60. The second kappa shape index (κ2) is 3.50. The Hall–Kier alpha value is -2.64. The van der Waals surface area contributed by atoms with E-state index in [-0.39, 0.29) is 0 Å². The Balaban J connectivity index is 3.63. The summed E-state index contributed by atoms with van der Waals surface area (Å²) in [6, 6.07) is 5.76. The summed E-state index contributed by atoms with van der Waals surface area (Å²) in [6.45, 7) is 0. The molecular formula is C10H4N4O2. The topological polar surface area (TPSA) is 136 Å². The first-order valence-corrected chi connectivity index (χ1v) is 4.00. The molecule has 6 nitrogen and oxygen atoms in total. The number of hydrogen-bond acceptors (Lipinski definition) is 6. The molecule has 6 heteroatoms. The Kier molecular flexibility index (Phi) is 2.50. The molecule has 0 saturated carbocycles. The lowest BCUT2D eigenvalue weighted by Gasteiger charge is -2.26. The lowest BCUT2D eigenvalue weighted by molar-refractivity contribution is 0.155. The molecule has 0 heterocycles. The van der Waals surface area contributed by atoms with Crippen molar-refractivity contribution in [2.75, 3.05) is 0 Å². The molecule has 16 heavy (non-hydrogen) atoms. The fourth-order valence-electron chi connectivity index (χ4n) is 1.26. The van der Waals surface area contributed by atoms with E-state index >= 15 is 0 Å². The molecule has 2 unspecified atom stereocenters. The average molecular weight is 212 g/mol. The van der Waals surface area contributed by atoms with Gasteiger partial charge in [-0.25, -0.2) is 0 Å². The smallest absolute Gasteiger partial charge is 0.207 e. The van der Waals surface area contributed by atoms with Crippen LogP contribution in [0.5, 0.6) is 0 Å². The second-order valence-corrected chi connectivity index (χ2v) is 3.06. The molecule has 0 fully saturated rings. The average Bonchev–Trinajstić information content (AvgIpc) is 2.31. The summed E-state index contributed by atoms with van der Waals surface area (Å²) in [5.74, 6) is 0. The third kappa shape index (κ3) is 1.32. The van der Waals surface area contributed by atoms with Crippen molar-refractivity contribution in [1.29, 1.82) is 21.0 Å². The van der Waals surface area contributed by atoms with E-state index in [1.807, 2.05) is 0 Å². The Labute approximate surface area is 90.8 Å². The Bertz CT molecular complexity index is 514. The molecule has 2 N–H and O–H groups in total. The van der Waals surface area contributed by atoms with E-state index < -0.39 is 22.3 Å². The highest BCUT2D eigenvalue weighted by Gasteiger charge is 2.44. The monoisotopic (exact) mass is 212 g/mol. The van der Waals surface area contributed by atoms with Gasteiger partial charge in [0, 0.05) is 0 Å². The van der Waals surface area contributed by atoms with E-state index in [4.69, 9.17) is 21.0 Å². The second-order valence-electron chi connectivity index (χ2n) is 3.06. The van der Waals surface area contributed by atoms with Crippen LogP contribution < -0.4 is 0 Å². The van der Waals surface area contributed by atoms with Crippen molar-refractivity contribution in [1.82, 2.24) is 0 Å². The van der Waals surface area contributed by atoms with Gasteiger partial charge in [-0.15, -0.1) is 0 Å². The molecule has 0 spiro atoms. The first-order chi connectivity index (χ1) is 7.47. The van der Waals surface area contributed by atoms with Crippen LogP contribution in [0.25, 0.3) is 0 Å². The number of nitriles is 4. The van der Waals surface area contributed by atoms with Crippen LogP contribution >= 0.6 is 0 Å². The van der Waals surface area contributed by atoms with Crippen LogP contribution in [0.4, 0.5) is 0 Å². The Morgan fingerprint density at radius 3 is 1.31 bits per heavy atom. The van der Waals surface area contributed by atoms with Crippen LogP contribution in [0.15, 0.2) is 23.3 Å². The summed E-state index contributed by atoms with van der Waals surface area (Å²) in [4.78, 5) is 0. The maximum atomic E-state index is 9.67. The minimum atomic E-state index is -2.27. The number of rotatable bonds is 0. The quantitative estimate of drug-likeness (QED) is 0.406. The molecule has 0 aromatic rings. The largest absolute Gasteiger partial charge is 0.368 e. The van der Waals surface area contributed by atoms with Gasteiger partial charge in [0.25, 0.3) is 0 Å². The summed E-state index contributed by atoms with van der Waals surface area (Å²) in [7, 11) is 0. The summed E-state index contributed by atoms with van der Waals surface area (Å²) < 4.78 is 0.